The molecule has 0 bridgehead atoms. The first-order valence-electron chi connectivity index (χ1n) is 17.3. The Bertz CT molecular complexity index is 1020. The molecule has 2 aliphatic carbocycles. The van der Waals surface area contributed by atoms with E-state index in [1.807, 2.05) is 10.8 Å². The van der Waals surface area contributed by atoms with Gasteiger partial charge in [0.15, 0.2) is 12.6 Å². The minimum Gasteiger partial charge on any atom is -0.392 e. The van der Waals surface area contributed by atoms with Crippen LogP contribution < -0.4 is 4.72 Å². The largest absolute Gasteiger partial charge is 0.392 e. The predicted molar refractivity (Wildman–Crippen MR) is 170 cm³/mol. The summed E-state index contributed by atoms with van der Waals surface area (Å²) in [6, 6.07) is 0. The van der Waals surface area contributed by atoms with E-state index in [-0.39, 0.29) is 43.0 Å². The second kappa shape index (κ2) is 18.1. The molecule has 4 rings (SSSR count). The highest BCUT2D eigenvalue weighted by molar-refractivity contribution is 7.89. The van der Waals surface area contributed by atoms with Crippen LogP contribution >= 0.6 is 0 Å². The Balaban J connectivity index is 1.41. The van der Waals surface area contributed by atoms with Crippen molar-refractivity contribution < 1.29 is 37.3 Å². The van der Waals surface area contributed by atoms with Gasteiger partial charge in [0.25, 0.3) is 0 Å². The zero-order valence-electron chi connectivity index (χ0n) is 26.9. The van der Waals surface area contributed by atoms with E-state index in [0.29, 0.717) is 31.8 Å². The Morgan fingerprint density at radius 2 is 1.77 bits per heavy atom. The third-order valence-electron chi connectivity index (χ3n) is 9.72. The second-order valence-electron chi connectivity index (χ2n) is 13.4. The molecule has 9 atom stereocenters. The van der Waals surface area contributed by atoms with Gasteiger partial charge in [-0.25, -0.2) is 8.42 Å². The van der Waals surface area contributed by atoms with E-state index >= 15 is 0 Å². The zero-order chi connectivity index (χ0) is 31.4. The van der Waals surface area contributed by atoms with Gasteiger partial charge in [-0.1, -0.05) is 50.5 Å². The highest BCUT2D eigenvalue weighted by Gasteiger charge is 2.43. The number of amides is 1. The summed E-state index contributed by atoms with van der Waals surface area (Å²) in [6.07, 6.45) is 23.5. The van der Waals surface area contributed by atoms with E-state index in [0.717, 1.165) is 63.7 Å². The molecule has 4 aliphatic rings. The Labute approximate surface area is 265 Å². The molecule has 10 heteroatoms. The molecule has 0 aromatic carbocycles. The Hall–Kier alpha value is -1.30. The van der Waals surface area contributed by atoms with Crippen LogP contribution in [0.2, 0.25) is 0 Å². The molecule has 44 heavy (non-hydrogen) atoms. The molecule has 1 amide bonds. The molecule has 2 saturated heterocycles. The number of hydrogen-bond donors (Lipinski definition) is 2. The molecule has 2 heterocycles. The standard InChI is InChI=1S/C34H57NO8S/c1-3-12-25-17-18-26(23-25)30(42-33-15-8-10-21-40-33)20-19-27-28(13-6-4-5-7-14-32(37)35-44(2,38)39)31(24-29(27)36)43-34-16-9-11-22-41-34/h4,6,19-20,25-31,33-34,36H,3,5,7-18,21-24H2,1-2H3,(H,35,37)/b6-4-,20-19+/t25?,26?,27-,28-,29-,30-,31+,33?,34?/m1/s1. The third kappa shape index (κ3) is 11.8. The smallest absolute Gasteiger partial charge is 0.233 e. The number of rotatable bonds is 16. The summed E-state index contributed by atoms with van der Waals surface area (Å²) in [7, 11) is -3.53. The molecule has 2 saturated carbocycles. The van der Waals surface area contributed by atoms with Gasteiger partial charge in [0.2, 0.25) is 15.9 Å². The second-order valence-corrected chi connectivity index (χ2v) is 15.2. The van der Waals surface area contributed by atoms with Gasteiger partial charge >= 0.3 is 0 Å². The summed E-state index contributed by atoms with van der Waals surface area (Å²) in [4.78, 5) is 11.8. The van der Waals surface area contributed by atoms with Crippen molar-refractivity contribution in [3.05, 3.63) is 24.3 Å². The van der Waals surface area contributed by atoms with Gasteiger partial charge in [-0.15, -0.1) is 0 Å². The molecular weight excluding hydrogens is 582 g/mol. The normalized spacial score (nSPS) is 34.2. The van der Waals surface area contributed by atoms with Crippen LogP contribution in [-0.4, -0.2) is 69.8 Å². The summed E-state index contributed by atoms with van der Waals surface area (Å²) in [5.41, 5.74) is 0. The van der Waals surface area contributed by atoms with Gasteiger partial charge in [0.1, 0.15) is 0 Å². The summed E-state index contributed by atoms with van der Waals surface area (Å²) in [5.74, 6) is 0.759. The summed E-state index contributed by atoms with van der Waals surface area (Å²) >= 11 is 0. The highest BCUT2D eigenvalue weighted by Crippen LogP contribution is 2.41. The van der Waals surface area contributed by atoms with Crippen molar-refractivity contribution in [2.45, 2.75) is 141 Å². The topological polar surface area (TPSA) is 120 Å². The van der Waals surface area contributed by atoms with Crippen molar-refractivity contribution in [3.63, 3.8) is 0 Å². The van der Waals surface area contributed by atoms with Crippen LogP contribution in [0.25, 0.3) is 0 Å². The summed E-state index contributed by atoms with van der Waals surface area (Å²) in [6.45, 7) is 3.73. The molecule has 0 radical (unpaired) electrons. The molecule has 0 spiro atoms. The number of allylic oxidation sites excluding steroid dienone is 2. The zero-order valence-corrected chi connectivity index (χ0v) is 27.8. The number of aliphatic hydroxyl groups is 1. The molecule has 9 nitrogen and oxygen atoms in total. The number of nitrogens with one attached hydrogen (secondary N) is 1. The number of carbonyl (C=O) groups excluding carboxylic acids is 1. The van der Waals surface area contributed by atoms with Crippen LogP contribution in [0.5, 0.6) is 0 Å². The maximum Gasteiger partial charge on any atom is 0.233 e. The number of unbranched alkanes of at least 4 members (excludes halogenated alkanes) is 1. The van der Waals surface area contributed by atoms with Crippen molar-refractivity contribution in [2.24, 2.45) is 23.7 Å². The molecule has 252 valence electrons. The first-order chi connectivity index (χ1) is 21.2. The lowest BCUT2D eigenvalue weighted by Crippen LogP contribution is -2.32. The van der Waals surface area contributed by atoms with Crippen molar-refractivity contribution in [3.8, 4) is 0 Å². The van der Waals surface area contributed by atoms with Crippen LogP contribution in [0.1, 0.15) is 110 Å². The van der Waals surface area contributed by atoms with E-state index in [1.165, 1.54) is 32.1 Å². The van der Waals surface area contributed by atoms with E-state index in [4.69, 9.17) is 18.9 Å². The summed E-state index contributed by atoms with van der Waals surface area (Å²) in [5, 5.41) is 11.3. The Morgan fingerprint density at radius 3 is 2.45 bits per heavy atom. The molecule has 4 fully saturated rings. The fraction of sp³-hybridized carbons (Fsp3) is 0.853. The molecule has 2 aliphatic heterocycles. The van der Waals surface area contributed by atoms with Crippen molar-refractivity contribution in [1.29, 1.82) is 0 Å². The van der Waals surface area contributed by atoms with Crippen molar-refractivity contribution in [2.75, 3.05) is 19.5 Å². The van der Waals surface area contributed by atoms with Crippen LogP contribution in [-0.2, 0) is 33.8 Å². The molecule has 0 aromatic rings. The lowest BCUT2D eigenvalue weighted by molar-refractivity contribution is -0.195. The quantitative estimate of drug-likeness (QED) is 0.161. The average molecular weight is 640 g/mol. The van der Waals surface area contributed by atoms with Crippen molar-refractivity contribution in [1.82, 2.24) is 4.72 Å². The van der Waals surface area contributed by atoms with Crippen molar-refractivity contribution >= 4 is 15.9 Å². The lowest BCUT2D eigenvalue weighted by atomic mass is 9.88. The SMILES string of the molecule is CCCC1CCC([C@@H](/C=C/[C@@H]2[C@@H](C/C=C\CCCC(=O)NS(C)(=O)=O)[C@@H](OC3CCCCO3)C[C@H]2O)OC2CCCCO2)C1. The average Bonchev–Trinajstić information content (AvgIpc) is 3.57. The number of ether oxygens (including phenoxy) is 4. The van der Waals surface area contributed by atoms with Gasteiger partial charge in [0.05, 0.1) is 24.6 Å². The monoisotopic (exact) mass is 639 g/mol. The van der Waals surface area contributed by atoms with Crippen LogP contribution in [0.3, 0.4) is 0 Å². The molecule has 2 N–H and O–H groups in total. The Kier molecular flexibility index (Phi) is 14.7. The van der Waals surface area contributed by atoms with Gasteiger partial charge in [0, 0.05) is 32.0 Å². The van der Waals surface area contributed by atoms with Gasteiger partial charge in [-0.3, -0.25) is 9.52 Å². The number of hydrogen-bond acceptors (Lipinski definition) is 8. The van der Waals surface area contributed by atoms with Crippen LogP contribution in [0.4, 0.5) is 0 Å². The number of carbonyl (C=O) groups is 1. The Morgan fingerprint density at radius 1 is 1.02 bits per heavy atom. The van der Waals surface area contributed by atoms with E-state index in [2.05, 4.69) is 25.2 Å². The third-order valence-corrected chi connectivity index (χ3v) is 10.3. The fourth-order valence-corrected chi connectivity index (χ4v) is 8.01. The molecular formula is C34H57NO8S. The van der Waals surface area contributed by atoms with Gasteiger partial charge < -0.3 is 24.1 Å². The lowest BCUT2D eigenvalue weighted by Gasteiger charge is -2.31. The minimum atomic E-state index is -3.53. The molecule has 0 aromatic heterocycles. The van der Waals surface area contributed by atoms with E-state index < -0.39 is 22.0 Å². The maximum absolute atomic E-state index is 11.8. The minimum absolute atomic E-state index is 0.0249. The van der Waals surface area contributed by atoms with E-state index in [9.17, 15) is 18.3 Å². The summed E-state index contributed by atoms with van der Waals surface area (Å²) < 4.78 is 49.5. The highest BCUT2D eigenvalue weighted by atomic mass is 32.2. The van der Waals surface area contributed by atoms with E-state index in [1.54, 1.807) is 0 Å². The molecule has 4 unspecified atom stereocenters. The van der Waals surface area contributed by atoms with Gasteiger partial charge in [-0.2, -0.15) is 0 Å². The maximum atomic E-state index is 11.8. The first kappa shape index (κ1) is 35.6. The fourth-order valence-electron chi connectivity index (χ4n) is 7.49. The number of aliphatic hydroxyl groups excluding tert-OH is 1. The van der Waals surface area contributed by atoms with Gasteiger partial charge in [-0.05, 0) is 88.4 Å². The van der Waals surface area contributed by atoms with Crippen LogP contribution in [0, 0.1) is 23.7 Å². The number of sulfonamides is 1. The van der Waals surface area contributed by atoms with Crippen LogP contribution in [0.15, 0.2) is 24.3 Å². The predicted octanol–water partition coefficient (Wildman–Crippen LogP) is 5.77. The first-order valence-corrected chi connectivity index (χ1v) is 19.2.